The van der Waals surface area contributed by atoms with Crippen LogP contribution in [-0.2, 0) is 5.41 Å². The maximum absolute atomic E-state index is 8.75. The molecule has 10 aromatic rings. The van der Waals surface area contributed by atoms with Crippen molar-refractivity contribution in [2.45, 2.75) is 19.3 Å². The summed E-state index contributed by atoms with van der Waals surface area (Å²) in [6, 6.07) is 43.4. The van der Waals surface area contributed by atoms with E-state index in [4.69, 9.17) is 11.3 Å². The topological polar surface area (TPSA) is 13.1 Å². The first-order chi connectivity index (χ1) is 26.6. The molecule has 0 bridgehead atoms. The van der Waals surface area contributed by atoms with Gasteiger partial charge in [-0.2, -0.15) is 0 Å². The maximum Gasteiger partial charge on any atom is 0.143 e. The Morgan fingerprint density at radius 3 is 1.94 bits per heavy atom. The lowest BCUT2D eigenvalue weighted by Crippen LogP contribution is -2.14. The van der Waals surface area contributed by atoms with Gasteiger partial charge in [0, 0.05) is 21.8 Å². The van der Waals surface area contributed by atoms with Crippen LogP contribution in [-0.4, -0.2) is 0 Å². The van der Waals surface area contributed by atoms with Gasteiger partial charge < -0.3 is 4.42 Å². The number of para-hydroxylation sites is 1. The summed E-state index contributed by atoms with van der Waals surface area (Å²) in [5.41, 5.74) is 12.0. The fourth-order valence-corrected chi connectivity index (χ4v) is 8.83. The van der Waals surface area contributed by atoms with Crippen molar-refractivity contribution in [3.05, 3.63) is 169 Å². The quantitative estimate of drug-likeness (QED) is 0.175. The number of hydrogen-bond acceptors (Lipinski definition) is 1. The van der Waals surface area contributed by atoms with Crippen LogP contribution in [0.25, 0.3) is 98.8 Å². The Morgan fingerprint density at radius 1 is 0.460 bits per heavy atom. The zero-order valence-corrected chi connectivity index (χ0v) is 27.5. The van der Waals surface area contributed by atoms with Crippen LogP contribution in [0.5, 0.6) is 0 Å². The fraction of sp³-hybridized carbons (Fsp3) is 0.0612. The fourth-order valence-electron chi connectivity index (χ4n) is 8.83. The van der Waals surface area contributed by atoms with Gasteiger partial charge in [0.1, 0.15) is 11.2 Å². The predicted molar refractivity (Wildman–Crippen MR) is 211 cm³/mol. The van der Waals surface area contributed by atoms with E-state index in [1.165, 1.54) is 22.3 Å². The molecule has 0 amide bonds. The number of hydrogen-bond donors (Lipinski definition) is 0. The van der Waals surface area contributed by atoms with E-state index in [0.717, 1.165) is 76.5 Å². The normalized spacial score (nSPS) is 15.0. The van der Waals surface area contributed by atoms with Crippen LogP contribution in [0.3, 0.4) is 0 Å². The molecule has 0 N–H and O–H groups in total. The van der Waals surface area contributed by atoms with Crippen molar-refractivity contribution >= 4 is 54.3 Å². The van der Waals surface area contributed by atoms with Crippen LogP contribution in [0.2, 0.25) is 0 Å². The van der Waals surface area contributed by atoms with E-state index in [-0.39, 0.29) is 35.1 Å². The van der Waals surface area contributed by atoms with Gasteiger partial charge in [0.05, 0.1) is 6.85 Å². The summed E-state index contributed by atoms with van der Waals surface area (Å²) in [6.07, 6.45) is 0. The average molecular weight is 642 g/mol. The first kappa shape index (κ1) is 23.2. The van der Waals surface area contributed by atoms with Crippen LogP contribution < -0.4 is 0 Å². The first-order valence-electron chi connectivity index (χ1n) is 19.6. The van der Waals surface area contributed by atoms with E-state index in [0.29, 0.717) is 5.56 Å². The summed E-state index contributed by atoms with van der Waals surface area (Å²) >= 11 is 0. The lowest BCUT2D eigenvalue weighted by Gasteiger charge is -2.21. The zero-order valence-electron chi connectivity index (χ0n) is 32.5. The van der Waals surface area contributed by atoms with Crippen molar-refractivity contribution in [1.82, 2.24) is 0 Å². The molecular formula is C49H32O. The first-order valence-corrected chi connectivity index (χ1v) is 17.1. The highest BCUT2D eigenvalue weighted by atomic mass is 16.3. The van der Waals surface area contributed by atoms with Gasteiger partial charge >= 0.3 is 0 Å². The molecule has 50 heavy (non-hydrogen) atoms. The molecule has 234 valence electrons. The SMILES string of the molecule is [2H]c1c([2H])c([2H])c(-c2ccc3ccc4c(-c5cccc6oc7c(-c8ccc9c(c8)-c8ccccc8C9(C)C)cccc7c56)ccc5ccc2c3c54)c([2H])c1[2H]. The van der Waals surface area contributed by atoms with Crippen molar-refractivity contribution in [3.8, 4) is 44.5 Å². The third kappa shape index (κ3) is 3.67. The molecule has 0 saturated heterocycles. The highest BCUT2D eigenvalue weighted by Crippen LogP contribution is 2.51. The minimum absolute atomic E-state index is 0.0626. The third-order valence-corrected chi connectivity index (χ3v) is 11.1. The molecule has 1 nitrogen and oxygen atoms in total. The molecule has 0 atom stereocenters. The van der Waals surface area contributed by atoms with Crippen LogP contribution in [0, 0.1) is 0 Å². The van der Waals surface area contributed by atoms with Gasteiger partial charge in [0.25, 0.3) is 0 Å². The number of rotatable bonds is 3. The summed E-state index contributed by atoms with van der Waals surface area (Å²) in [5, 5.41) is 8.22. The Bertz CT molecular complexity index is 3270. The highest BCUT2D eigenvalue weighted by Gasteiger charge is 2.35. The number of benzene rings is 9. The second kappa shape index (κ2) is 9.94. The van der Waals surface area contributed by atoms with Gasteiger partial charge in [0.2, 0.25) is 0 Å². The summed E-state index contributed by atoms with van der Waals surface area (Å²) in [5.74, 6) is 0. The molecule has 1 aliphatic carbocycles. The van der Waals surface area contributed by atoms with Crippen molar-refractivity contribution in [3.63, 3.8) is 0 Å². The van der Waals surface area contributed by atoms with E-state index in [9.17, 15) is 0 Å². The molecule has 0 unspecified atom stereocenters. The molecule has 0 spiro atoms. The van der Waals surface area contributed by atoms with E-state index >= 15 is 0 Å². The molecule has 1 heteroatoms. The van der Waals surface area contributed by atoms with E-state index < -0.39 is 6.04 Å². The largest absolute Gasteiger partial charge is 0.455 e. The Labute approximate surface area is 297 Å². The second-order valence-corrected chi connectivity index (χ2v) is 14.0. The average Bonchev–Trinajstić information content (AvgIpc) is 3.71. The second-order valence-electron chi connectivity index (χ2n) is 14.0. The highest BCUT2D eigenvalue weighted by molar-refractivity contribution is 6.29. The Kier molecular flexibility index (Phi) is 4.61. The summed E-state index contributed by atoms with van der Waals surface area (Å²) < 4.78 is 49.1. The molecule has 0 radical (unpaired) electrons. The Balaban J connectivity index is 1.13. The van der Waals surface area contributed by atoms with Gasteiger partial charge in [-0.3, -0.25) is 0 Å². The minimum atomic E-state index is -0.392. The summed E-state index contributed by atoms with van der Waals surface area (Å²) in [6.45, 7) is 4.61. The smallest absolute Gasteiger partial charge is 0.143 e. The summed E-state index contributed by atoms with van der Waals surface area (Å²) in [4.78, 5) is 0. The van der Waals surface area contributed by atoms with Crippen molar-refractivity contribution < 1.29 is 11.3 Å². The zero-order chi connectivity index (χ0) is 37.5. The Morgan fingerprint density at radius 2 is 1.12 bits per heavy atom. The van der Waals surface area contributed by atoms with Gasteiger partial charge in [0.15, 0.2) is 0 Å². The summed E-state index contributed by atoms with van der Waals surface area (Å²) in [7, 11) is 0. The monoisotopic (exact) mass is 641 g/mol. The van der Waals surface area contributed by atoms with Crippen LogP contribution in [0.1, 0.15) is 31.8 Å². The third-order valence-electron chi connectivity index (χ3n) is 11.1. The van der Waals surface area contributed by atoms with Gasteiger partial charge in [-0.05, 0) is 94.5 Å². The molecule has 0 fully saturated rings. The van der Waals surface area contributed by atoms with Crippen LogP contribution in [0.4, 0.5) is 0 Å². The molecule has 1 aliphatic rings. The molecule has 0 aliphatic heterocycles. The predicted octanol–water partition coefficient (Wildman–Crippen LogP) is 13.8. The minimum Gasteiger partial charge on any atom is -0.455 e. The lowest BCUT2D eigenvalue weighted by molar-refractivity contribution is 0.660. The van der Waals surface area contributed by atoms with Gasteiger partial charge in [-0.15, -0.1) is 0 Å². The molecule has 1 aromatic heterocycles. The standard InChI is InChI=1S/C49H32O/c1-49(2)42-16-7-6-12-36(42)41-28-32(22-27-43(41)49)34-13-8-15-40-47-37(14-9-17-44(47)50-48(34)40)35-24-19-31-20-25-38-33(29-10-4-3-5-11-29)23-18-30-21-26-39(35)46(31)45(30)38/h3-28H,1-2H3/i3D,4D,5D,10D,11D. The van der Waals surface area contributed by atoms with Crippen molar-refractivity contribution in [2.24, 2.45) is 0 Å². The lowest BCUT2D eigenvalue weighted by atomic mass is 9.82. The molecule has 1 heterocycles. The molecule has 9 aromatic carbocycles. The van der Waals surface area contributed by atoms with E-state index in [1.54, 1.807) is 0 Å². The van der Waals surface area contributed by atoms with Crippen molar-refractivity contribution in [1.29, 1.82) is 0 Å². The molecule has 11 rings (SSSR count). The van der Waals surface area contributed by atoms with Gasteiger partial charge in [-0.25, -0.2) is 0 Å². The molecule has 0 saturated carbocycles. The number of fused-ring (bicyclic) bond motifs is 6. The number of furan rings is 1. The maximum atomic E-state index is 8.75. The van der Waals surface area contributed by atoms with E-state index in [1.807, 2.05) is 24.3 Å². The Hall–Kier alpha value is -6.18. The molecular weight excluding hydrogens is 605 g/mol. The van der Waals surface area contributed by atoms with Gasteiger partial charge in [-0.1, -0.05) is 159 Å². The van der Waals surface area contributed by atoms with E-state index in [2.05, 4.69) is 117 Å². The van der Waals surface area contributed by atoms with Crippen molar-refractivity contribution in [2.75, 3.05) is 0 Å². The van der Waals surface area contributed by atoms with Crippen LogP contribution >= 0.6 is 0 Å². The van der Waals surface area contributed by atoms with Crippen LogP contribution in [0.15, 0.2) is 162 Å².